The lowest BCUT2D eigenvalue weighted by molar-refractivity contribution is -0.0498. The average Bonchev–Trinajstić information content (AvgIpc) is 2.65. The Morgan fingerprint density at radius 3 is 2.31 bits per heavy atom. The highest BCUT2D eigenvalue weighted by molar-refractivity contribution is 5.99. The smallest absolute Gasteiger partial charge is 0.387 e. The van der Waals surface area contributed by atoms with Gasteiger partial charge in [0, 0.05) is 10.9 Å². The molecule has 0 saturated carbocycles. The molecule has 3 rings (SSSR count). The van der Waals surface area contributed by atoms with E-state index in [2.05, 4.69) is 20.6 Å². The minimum Gasteiger partial charge on any atom is -0.435 e. The van der Waals surface area contributed by atoms with Gasteiger partial charge in [0.2, 0.25) is 0 Å². The molecule has 0 aliphatic carbocycles. The normalized spacial score (nSPS) is 10.6. The zero-order valence-corrected chi connectivity index (χ0v) is 13.3. The number of alkyl halides is 2. The Kier molecular flexibility index (Phi) is 5.02. The minimum absolute atomic E-state index is 0.0686. The molecule has 2 N–H and O–H groups in total. The number of hydrogen-bond donors (Lipinski definition) is 2. The van der Waals surface area contributed by atoms with E-state index in [-0.39, 0.29) is 17.0 Å². The summed E-state index contributed by atoms with van der Waals surface area (Å²) in [5, 5.41) is 0.888. The van der Waals surface area contributed by atoms with Crippen LogP contribution in [0.3, 0.4) is 0 Å². The van der Waals surface area contributed by atoms with Crippen LogP contribution in [0, 0.1) is 0 Å². The van der Waals surface area contributed by atoms with Crippen LogP contribution in [0.1, 0.15) is 20.8 Å². The van der Waals surface area contributed by atoms with Crippen molar-refractivity contribution in [2.24, 2.45) is 0 Å². The van der Waals surface area contributed by atoms with E-state index in [1.807, 2.05) is 12.1 Å². The summed E-state index contributed by atoms with van der Waals surface area (Å²) in [6, 6.07) is 15.7. The Labute approximate surface area is 146 Å². The molecule has 0 spiro atoms. The molecule has 1 aromatic heterocycles. The van der Waals surface area contributed by atoms with Gasteiger partial charge in [0.15, 0.2) is 0 Å². The Morgan fingerprint density at radius 2 is 1.58 bits per heavy atom. The maximum atomic E-state index is 12.1. The monoisotopic (exact) mass is 357 g/mol. The van der Waals surface area contributed by atoms with Gasteiger partial charge in [-0.15, -0.1) is 0 Å². The fourth-order valence-electron chi connectivity index (χ4n) is 2.23. The topological polar surface area (TPSA) is 80.3 Å². The van der Waals surface area contributed by atoms with Crippen LogP contribution in [-0.4, -0.2) is 23.4 Å². The number of fused-ring (bicyclic) bond motifs is 1. The highest BCUT2D eigenvalue weighted by atomic mass is 19.3. The number of nitrogens with zero attached hydrogens (tertiary/aromatic N) is 1. The van der Waals surface area contributed by atoms with Crippen LogP contribution in [-0.2, 0) is 0 Å². The quantitative estimate of drug-likeness (QED) is 0.704. The van der Waals surface area contributed by atoms with E-state index >= 15 is 0 Å². The van der Waals surface area contributed by atoms with Crippen molar-refractivity contribution in [3.8, 4) is 5.75 Å². The second kappa shape index (κ2) is 7.56. The van der Waals surface area contributed by atoms with Gasteiger partial charge in [0.25, 0.3) is 11.8 Å². The van der Waals surface area contributed by atoms with Crippen LogP contribution in [0.25, 0.3) is 10.9 Å². The number of ether oxygens (including phenoxy) is 1. The van der Waals surface area contributed by atoms with Crippen LogP contribution in [0.4, 0.5) is 8.78 Å². The molecule has 0 bridgehead atoms. The minimum atomic E-state index is -2.94. The third-order valence-electron chi connectivity index (χ3n) is 3.46. The van der Waals surface area contributed by atoms with Crippen molar-refractivity contribution in [1.82, 2.24) is 15.8 Å². The number of hydrazine groups is 1. The van der Waals surface area contributed by atoms with E-state index < -0.39 is 18.4 Å². The first kappa shape index (κ1) is 17.3. The highest BCUT2D eigenvalue weighted by Crippen LogP contribution is 2.15. The molecular weight excluding hydrogens is 344 g/mol. The van der Waals surface area contributed by atoms with Crippen molar-refractivity contribution >= 4 is 22.7 Å². The van der Waals surface area contributed by atoms with Crippen molar-refractivity contribution in [3.05, 3.63) is 71.9 Å². The lowest BCUT2D eigenvalue weighted by Crippen LogP contribution is -2.41. The molecule has 26 heavy (non-hydrogen) atoms. The predicted octanol–water partition coefficient (Wildman–Crippen LogP) is 2.91. The van der Waals surface area contributed by atoms with Gasteiger partial charge in [-0.1, -0.05) is 24.3 Å². The first-order valence-electron chi connectivity index (χ1n) is 7.54. The maximum absolute atomic E-state index is 12.1. The van der Waals surface area contributed by atoms with Crippen LogP contribution < -0.4 is 15.6 Å². The zero-order chi connectivity index (χ0) is 18.5. The molecule has 2 amide bonds. The molecule has 0 radical (unpaired) electrons. The Bertz CT molecular complexity index is 946. The number of para-hydroxylation sites is 1. The van der Waals surface area contributed by atoms with Crippen molar-refractivity contribution in [3.63, 3.8) is 0 Å². The molecule has 8 heteroatoms. The van der Waals surface area contributed by atoms with Gasteiger partial charge in [-0.3, -0.25) is 20.4 Å². The zero-order valence-electron chi connectivity index (χ0n) is 13.3. The number of rotatable bonds is 4. The summed E-state index contributed by atoms with van der Waals surface area (Å²) in [6.45, 7) is -2.94. The van der Waals surface area contributed by atoms with Crippen LogP contribution in [0.2, 0.25) is 0 Å². The predicted molar refractivity (Wildman–Crippen MR) is 89.7 cm³/mol. The number of benzene rings is 2. The largest absolute Gasteiger partial charge is 0.435 e. The molecule has 0 fully saturated rings. The fourth-order valence-corrected chi connectivity index (χ4v) is 2.23. The van der Waals surface area contributed by atoms with Gasteiger partial charge in [0.05, 0.1) is 5.52 Å². The molecule has 0 aliphatic heterocycles. The fraction of sp³-hybridized carbons (Fsp3) is 0.0556. The summed E-state index contributed by atoms with van der Waals surface area (Å²) < 4.78 is 28.4. The molecule has 0 unspecified atom stereocenters. The Balaban J connectivity index is 1.61. The molecule has 1 heterocycles. The average molecular weight is 357 g/mol. The van der Waals surface area contributed by atoms with Crippen LogP contribution >= 0.6 is 0 Å². The van der Waals surface area contributed by atoms with Gasteiger partial charge < -0.3 is 4.74 Å². The van der Waals surface area contributed by atoms with E-state index in [9.17, 15) is 18.4 Å². The Hall–Kier alpha value is -3.55. The third-order valence-corrected chi connectivity index (χ3v) is 3.46. The summed E-state index contributed by atoms with van der Waals surface area (Å²) in [7, 11) is 0. The van der Waals surface area contributed by atoms with E-state index in [1.54, 1.807) is 24.3 Å². The number of hydrogen-bond acceptors (Lipinski definition) is 4. The lowest BCUT2D eigenvalue weighted by Gasteiger charge is -2.08. The molecular formula is C18H13F2N3O3. The number of nitrogens with one attached hydrogen (secondary N) is 2. The molecule has 0 saturated heterocycles. The second-order valence-electron chi connectivity index (χ2n) is 5.20. The summed E-state index contributed by atoms with van der Waals surface area (Å²) >= 11 is 0. The molecule has 6 nitrogen and oxygen atoms in total. The number of carbonyl (C=O) groups is 2. The number of amides is 2. The summed E-state index contributed by atoms with van der Waals surface area (Å²) in [4.78, 5) is 28.3. The highest BCUT2D eigenvalue weighted by Gasteiger charge is 2.11. The van der Waals surface area contributed by atoms with Crippen molar-refractivity contribution in [1.29, 1.82) is 0 Å². The first-order chi connectivity index (χ1) is 12.5. The molecule has 0 aliphatic rings. The SMILES string of the molecule is O=C(NNC(=O)c1ccc2ccccc2n1)c1ccc(OC(F)F)cc1. The molecule has 132 valence electrons. The Morgan fingerprint density at radius 1 is 0.885 bits per heavy atom. The molecule has 0 atom stereocenters. The number of carbonyl (C=O) groups excluding carboxylic acids is 2. The van der Waals surface area contributed by atoms with Gasteiger partial charge in [0.1, 0.15) is 11.4 Å². The van der Waals surface area contributed by atoms with Gasteiger partial charge in [-0.05, 0) is 36.4 Å². The second-order valence-corrected chi connectivity index (χ2v) is 5.20. The van der Waals surface area contributed by atoms with Crippen LogP contribution in [0.15, 0.2) is 60.7 Å². The standard InChI is InChI=1S/C18H13F2N3O3/c19-18(20)26-13-8-5-12(6-9-13)16(24)22-23-17(25)15-10-7-11-3-1-2-4-14(11)21-15/h1-10,18H,(H,22,24)(H,23,25). The summed E-state index contributed by atoms with van der Waals surface area (Å²) in [6.07, 6.45) is 0. The van der Waals surface area contributed by atoms with Gasteiger partial charge in [-0.2, -0.15) is 8.78 Å². The van der Waals surface area contributed by atoms with E-state index in [0.29, 0.717) is 5.52 Å². The lowest BCUT2D eigenvalue weighted by atomic mass is 10.2. The number of pyridine rings is 1. The van der Waals surface area contributed by atoms with E-state index in [1.165, 1.54) is 24.3 Å². The number of halogens is 2. The molecule has 2 aromatic carbocycles. The van der Waals surface area contributed by atoms with E-state index in [0.717, 1.165) is 5.39 Å². The maximum Gasteiger partial charge on any atom is 0.387 e. The van der Waals surface area contributed by atoms with Crippen molar-refractivity contribution in [2.75, 3.05) is 0 Å². The molecule has 3 aromatic rings. The van der Waals surface area contributed by atoms with Crippen LogP contribution in [0.5, 0.6) is 5.75 Å². The summed E-state index contributed by atoms with van der Waals surface area (Å²) in [5.74, 6) is -1.26. The van der Waals surface area contributed by atoms with Gasteiger partial charge >= 0.3 is 6.61 Å². The van der Waals surface area contributed by atoms with E-state index in [4.69, 9.17) is 0 Å². The van der Waals surface area contributed by atoms with Crippen molar-refractivity contribution < 1.29 is 23.1 Å². The first-order valence-corrected chi connectivity index (χ1v) is 7.54. The number of aromatic nitrogens is 1. The van der Waals surface area contributed by atoms with Crippen molar-refractivity contribution in [2.45, 2.75) is 6.61 Å². The third kappa shape index (κ3) is 4.10. The summed E-state index contributed by atoms with van der Waals surface area (Å²) in [5.41, 5.74) is 5.46. The van der Waals surface area contributed by atoms with Gasteiger partial charge in [-0.25, -0.2) is 4.98 Å².